The van der Waals surface area contributed by atoms with Crippen LogP contribution in [0.5, 0.6) is 5.75 Å². The van der Waals surface area contributed by atoms with Gasteiger partial charge in [-0.05, 0) is 55.7 Å². The van der Waals surface area contributed by atoms with E-state index in [1.807, 2.05) is 19.1 Å². The monoisotopic (exact) mass is 360 g/mol. The molecular formula is C19H24N2O3S. The average Bonchev–Trinajstić information content (AvgIpc) is 2.90. The fraction of sp³-hybridized carbons (Fsp3) is 0.474. The molecule has 1 aromatic carbocycles. The van der Waals surface area contributed by atoms with Crippen LogP contribution in [0.15, 0.2) is 23.1 Å². The normalized spacial score (nSPS) is 19.8. The fourth-order valence-corrected chi connectivity index (χ4v) is 4.08. The smallest absolute Gasteiger partial charge is 0.293 e. The van der Waals surface area contributed by atoms with Crippen molar-refractivity contribution >= 4 is 34.7 Å². The molecule has 2 saturated heterocycles. The number of carbonyl (C=O) groups excluding carboxylic acids is 2. The molecule has 0 saturated carbocycles. The van der Waals surface area contributed by atoms with Crippen LogP contribution in [0.3, 0.4) is 0 Å². The Balaban J connectivity index is 1.85. The van der Waals surface area contributed by atoms with E-state index < -0.39 is 0 Å². The molecule has 25 heavy (non-hydrogen) atoms. The minimum Gasteiger partial charge on any atom is -0.496 e. The van der Waals surface area contributed by atoms with Crippen molar-refractivity contribution in [3.63, 3.8) is 0 Å². The van der Waals surface area contributed by atoms with Crippen LogP contribution in [-0.4, -0.2) is 42.8 Å². The molecule has 134 valence electrons. The van der Waals surface area contributed by atoms with Crippen LogP contribution in [0.2, 0.25) is 0 Å². The third-order valence-electron chi connectivity index (χ3n) is 4.55. The first-order chi connectivity index (χ1) is 12.1. The Bertz CT molecular complexity index is 696. The molecule has 2 fully saturated rings. The second-order valence-corrected chi connectivity index (χ2v) is 7.30. The highest BCUT2D eigenvalue weighted by Gasteiger charge is 2.34. The zero-order valence-corrected chi connectivity index (χ0v) is 15.6. The fourth-order valence-electron chi connectivity index (χ4n) is 3.23. The van der Waals surface area contributed by atoms with Crippen molar-refractivity contribution in [3.05, 3.63) is 28.7 Å². The highest BCUT2D eigenvalue weighted by molar-refractivity contribution is 8.18. The number of rotatable bonds is 5. The first-order valence-electron chi connectivity index (χ1n) is 8.82. The first kappa shape index (κ1) is 17.9. The second-order valence-electron chi connectivity index (χ2n) is 6.31. The van der Waals surface area contributed by atoms with Gasteiger partial charge in [0.15, 0.2) is 0 Å². The van der Waals surface area contributed by atoms with Crippen LogP contribution in [0.1, 0.15) is 38.2 Å². The zero-order chi connectivity index (χ0) is 17.8. The van der Waals surface area contributed by atoms with Crippen molar-refractivity contribution in [3.8, 4) is 5.75 Å². The SMILES string of the molecule is CCCN1C(=O)S/C(=C/c2ccc(N3CCCCC3)cc2OC)C1=O. The largest absolute Gasteiger partial charge is 0.496 e. The van der Waals surface area contributed by atoms with Gasteiger partial charge in [-0.15, -0.1) is 0 Å². The molecule has 1 aromatic rings. The van der Waals surface area contributed by atoms with E-state index in [0.29, 0.717) is 11.4 Å². The zero-order valence-electron chi connectivity index (χ0n) is 14.8. The topological polar surface area (TPSA) is 49.9 Å². The third kappa shape index (κ3) is 3.84. The maximum Gasteiger partial charge on any atom is 0.293 e. The molecule has 2 heterocycles. The van der Waals surface area contributed by atoms with Gasteiger partial charge in [0.25, 0.3) is 11.1 Å². The number of hydrogen-bond donors (Lipinski definition) is 0. The predicted octanol–water partition coefficient (Wildman–Crippen LogP) is 4.13. The highest BCUT2D eigenvalue weighted by atomic mass is 32.2. The second kappa shape index (κ2) is 7.95. The molecule has 2 amide bonds. The number of piperidine rings is 1. The van der Waals surface area contributed by atoms with Gasteiger partial charge in [0.2, 0.25) is 0 Å². The molecule has 0 N–H and O–H groups in total. The summed E-state index contributed by atoms with van der Waals surface area (Å²) in [4.78, 5) is 28.5. The standard InChI is InChI=1S/C19H24N2O3S/c1-3-9-21-18(22)17(25-19(21)23)12-14-7-8-15(13-16(14)24-2)20-10-5-4-6-11-20/h7-8,12-13H,3-6,9-11H2,1-2H3/b17-12+. The molecule has 5 nitrogen and oxygen atoms in total. The number of hydrogen-bond acceptors (Lipinski definition) is 5. The summed E-state index contributed by atoms with van der Waals surface area (Å²) in [6.07, 6.45) is 6.25. The van der Waals surface area contributed by atoms with E-state index in [4.69, 9.17) is 4.74 Å². The van der Waals surface area contributed by atoms with Crippen molar-refractivity contribution in [1.29, 1.82) is 0 Å². The summed E-state index contributed by atoms with van der Waals surface area (Å²) in [5, 5.41) is -0.193. The van der Waals surface area contributed by atoms with Crippen molar-refractivity contribution in [1.82, 2.24) is 4.90 Å². The summed E-state index contributed by atoms with van der Waals surface area (Å²) in [7, 11) is 1.63. The van der Waals surface area contributed by atoms with E-state index >= 15 is 0 Å². The number of carbonyl (C=O) groups is 2. The van der Waals surface area contributed by atoms with Crippen LogP contribution >= 0.6 is 11.8 Å². The summed E-state index contributed by atoms with van der Waals surface area (Å²) < 4.78 is 5.53. The molecule has 0 aromatic heterocycles. The van der Waals surface area contributed by atoms with Crippen molar-refractivity contribution in [2.45, 2.75) is 32.6 Å². The molecule has 0 unspecified atom stereocenters. The Kier molecular flexibility index (Phi) is 5.68. The Morgan fingerprint density at radius 2 is 1.96 bits per heavy atom. The number of nitrogens with zero attached hydrogens (tertiary/aromatic N) is 2. The highest BCUT2D eigenvalue weighted by Crippen LogP contribution is 2.35. The van der Waals surface area contributed by atoms with E-state index in [1.54, 1.807) is 13.2 Å². The lowest BCUT2D eigenvalue weighted by Gasteiger charge is -2.29. The van der Waals surface area contributed by atoms with E-state index in [0.717, 1.165) is 48.3 Å². The Morgan fingerprint density at radius 1 is 1.20 bits per heavy atom. The number of amides is 2. The number of benzene rings is 1. The molecule has 0 aliphatic carbocycles. The third-order valence-corrected chi connectivity index (χ3v) is 5.45. The predicted molar refractivity (Wildman–Crippen MR) is 102 cm³/mol. The van der Waals surface area contributed by atoms with Gasteiger partial charge >= 0.3 is 0 Å². The van der Waals surface area contributed by atoms with Gasteiger partial charge < -0.3 is 9.64 Å². The van der Waals surface area contributed by atoms with Gasteiger partial charge in [0.05, 0.1) is 12.0 Å². The minimum absolute atomic E-state index is 0.193. The molecular weight excluding hydrogens is 336 g/mol. The summed E-state index contributed by atoms with van der Waals surface area (Å²) in [5.74, 6) is 0.518. The van der Waals surface area contributed by atoms with E-state index in [2.05, 4.69) is 11.0 Å². The van der Waals surface area contributed by atoms with Crippen LogP contribution in [0.4, 0.5) is 10.5 Å². The Labute approximate surface area is 153 Å². The van der Waals surface area contributed by atoms with Gasteiger partial charge in [-0.2, -0.15) is 0 Å². The maximum atomic E-state index is 12.4. The molecule has 2 aliphatic rings. The summed E-state index contributed by atoms with van der Waals surface area (Å²) >= 11 is 1.00. The van der Waals surface area contributed by atoms with Crippen LogP contribution in [0.25, 0.3) is 6.08 Å². The quantitative estimate of drug-likeness (QED) is 0.739. The Morgan fingerprint density at radius 3 is 2.64 bits per heavy atom. The molecule has 0 radical (unpaired) electrons. The van der Waals surface area contributed by atoms with Gasteiger partial charge in [-0.25, -0.2) is 0 Å². The lowest BCUT2D eigenvalue weighted by molar-refractivity contribution is -0.122. The lowest BCUT2D eigenvalue weighted by atomic mass is 10.1. The van der Waals surface area contributed by atoms with Crippen LogP contribution < -0.4 is 9.64 Å². The molecule has 6 heteroatoms. The van der Waals surface area contributed by atoms with Crippen molar-refractivity contribution < 1.29 is 14.3 Å². The number of ether oxygens (including phenoxy) is 1. The van der Waals surface area contributed by atoms with Crippen molar-refractivity contribution in [2.75, 3.05) is 31.6 Å². The molecule has 0 atom stereocenters. The summed E-state index contributed by atoms with van der Waals surface area (Å²) in [5.41, 5.74) is 1.97. The van der Waals surface area contributed by atoms with Crippen molar-refractivity contribution in [2.24, 2.45) is 0 Å². The van der Waals surface area contributed by atoms with E-state index in [-0.39, 0.29) is 11.1 Å². The van der Waals surface area contributed by atoms with Gasteiger partial charge in [-0.1, -0.05) is 6.92 Å². The maximum absolute atomic E-state index is 12.4. The van der Waals surface area contributed by atoms with Gasteiger partial charge in [-0.3, -0.25) is 14.5 Å². The molecule has 2 aliphatic heterocycles. The number of thioether (sulfide) groups is 1. The molecule has 3 rings (SSSR count). The minimum atomic E-state index is -0.209. The van der Waals surface area contributed by atoms with Crippen LogP contribution in [0, 0.1) is 0 Å². The van der Waals surface area contributed by atoms with Crippen LogP contribution in [-0.2, 0) is 4.79 Å². The molecule has 0 bridgehead atoms. The van der Waals surface area contributed by atoms with Gasteiger partial charge in [0.1, 0.15) is 5.75 Å². The number of methoxy groups -OCH3 is 1. The van der Waals surface area contributed by atoms with E-state index in [1.165, 1.54) is 24.2 Å². The Hall–Kier alpha value is -1.95. The summed E-state index contributed by atoms with van der Waals surface area (Å²) in [6.45, 7) is 4.55. The average molecular weight is 360 g/mol. The summed E-state index contributed by atoms with van der Waals surface area (Å²) in [6, 6.07) is 6.06. The molecule has 0 spiro atoms. The van der Waals surface area contributed by atoms with E-state index in [9.17, 15) is 9.59 Å². The first-order valence-corrected chi connectivity index (χ1v) is 9.64. The number of anilines is 1. The number of imide groups is 1. The lowest BCUT2D eigenvalue weighted by Crippen LogP contribution is -2.29. The van der Waals surface area contributed by atoms with Gasteiger partial charge in [0, 0.05) is 37.0 Å².